The summed E-state index contributed by atoms with van der Waals surface area (Å²) in [5.74, 6) is 0.406. The number of furan rings is 1. The Morgan fingerprint density at radius 3 is 2.64 bits per heavy atom. The molecule has 0 saturated carbocycles. The summed E-state index contributed by atoms with van der Waals surface area (Å²) in [7, 11) is 0. The van der Waals surface area contributed by atoms with Gasteiger partial charge in [-0.3, -0.25) is 0 Å². The largest absolute Gasteiger partial charge is 0.465 e. The van der Waals surface area contributed by atoms with Crippen molar-refractivity contribution >= 4 is 28.7 Å². The summed E-state index contributed by atoms with van der Waals surface area (Å²) in [5.41, 5.74) is 1.01. The van der Waals surface area contributed by atoms with Crippen molar-refractivity contribution in [2.45, 2.75) is 0 Å². The number of carbonyl (C=O) groups excluding carboxylic acids is 1. The molecule has 22 heavy (non-hydrogen) atoms. The SMILES string of the molecule is O=C1OC(c2ccc3ccccc3c2)=N/C1=C\c1ccco1. The zero-order valence-corrected chi connectivity index (χ0v) is 11.5. The van der Waals surface area contributed by atoms with Gasteiger partial charge in [-0.1, -0.05) is 30.3 Å². The monoisotopic (exact) mass is 289 g/mol. The Labute approximate surface area is 126 Å². The zero-order valence-electron chi connectivity index (χ0n) is 11.5. The topological polar surface area (TPSA) is 51.8 Å². The van der Waals surface area contributed by atoms with Gasteiger partial charge in [-0.15, -0.1) is 0 Å². The summed E-state index contributed by atoms with van der Waals surface area (Å²) in [6.45, 7) is 0. The second-order valence-corrected chi connectivity index (χ2v) is 4.91. The lowest BCUT2D eigenvalue weighted by molar-refractivity contribution is -0.129. The van der Waals surface area contributed by atoms with Gasteiger partial charge < -0.3 is 9.15 Å². The molecule has 0 saturated heterocycles. The summed E-state index contributed by atoms with van der Waals surface area (Å²) < 4.78 is 10.4. The van der Waals surface area contributed by atoms with Gasteiger partial charge in [-0.25, -0.2) is 9.79 Å². The first-order valence-corrected chi connectivity index (χ1v) is 6.85. The van der Waals surface area contributed by atoms with E-state index in [0.29, 0.717) is 11.7 Å². The number of hydrogen-bond acceptors (Lipinski definition) is 4. The minimum Gasteiger partial charge on any atom is -0.465 e. The summed E-state index contributed by atoms with van der Waals surface area (Å²) in [6, 6.07) is 17.3. The Morgan fingerprint density at radius 1 is 0.955 bits per heavy atom. The van der Waals surface area contributed by atoms with E-state index in [4.69, 9.17) is 9.15 Å². The number of ether oxygens (including phenoxy) is 1. The normalized spacial score (nSPS) is 16.1. The predicted molar refractivity (Wildman–Crippen MR) is 83.3 cm³/mol. The molecule has 4 rings (SSSR count). The van der Waals surface area contributed by atoms with Gasteiger partial charge in [-0.05, 0) is 35.0 Å². The zero-order chi connectivity index (χ0) is 14.9. The molecule has 0 spiro atoms. The van der Waals surface area contributed by atoms with E-state index in [1.165, 1.54) is 0 Å². The molecule has 0 atom stereocenters. The standard InChI is InChI=1S/C18H11NO3/c20-18-16(11-15-6-3-9-21-15)19-17(22-18)14-8-7-12-4-1-2-5-13(12)10-14/h1-11H/b16-11-. The molecule has 0 unspecified atom stereocenters. The summed E-state index contributed by atoms with van der Waals surface area (Å²) in [5, 5.41) is 2.20. The van der Waals surface area contributed by atoms with E-state index in [1.54, 1.807) is 24.5 Å². The molecule has 0 radical (unpaired) electrons. The molecule has 2 aromatic carbocycles. The Kier molecular flexibility index (Phi) is 2.86. The third kappa shape index (κ3) is 2.20. The van der Waals surface area contributed by atoms with Gasteiger partial charge in [0.15, 0.2) is 5.70 Å². The van der Waals surface area contributed by atoms with Crippen LogP contribution in [0.2, 0.25) is 0 Å². The van der Waals surface area contributed by atoms with E-state index in [2.05, 4.69) is 4.99 Å². The maximum Gasteiger partial charge on any atom is 0.363 e. The van der Waals surface area contributed by atoms with Crippen LogP contribution in [0.25, 0.3) is 16.8 Å². The van der Waals surface area contributed by atoms with Crippen LogP contribution in [-0.4, -0.2) is 11.9 Å². The Bertz CT molecular complexity index is 920. The average molecular weight is 289 g/mol. The number of aliphatic imine (C=N–C) groups is 1. The highest BCUT2D eigenvalue weighted by molar-refractivity contribution is 6.13. The summed E-state index contributed by atoms with van der Waals surface area (Å²) >= 11 is 0. The van der Waals surface area contributed by atoms with Crippen molar-refractivity contribution < 1.29 is 13.9 Å². The van der Waals surface area contributed by atoms with Gasteiger partial charge in [0.05, 0.1) is 6.26 Å². The van der Waals surface area contributed by atoms with Crippen molar-refractivity contribution in [2.24, 2.45) is 4.99 Å². The number of hydrogen-bond donors (Lipinski definition) is 0. The minimum atomic E-state index is -0.473. The van der Waals surface area contributed by atoms with Gasteiger partial charge in [0, 0.05) is 11.6 Å². The predicted octanol–water partition coefficient (Wildman–Crippen LogP) is 3.78. The molecule has 0 amide bonds. The van der Waals surface area contributed by atoms with Crippen LogP contribution >= 0.6 is 0 Å². The lowest BCUT2D eigenvalue weighted by Crippen LogP contribution is -2.05. The molecule has 106 valence electrons. The van der Waals surface area contributed by atoms with Crippen LogP contribution < -0.4 is 0 Å². The first-order chi connectivity index (χ1) is 10.8. The fourth-order valence-electron chi connectivity index (χ4n) is 2.36. The third-order valence-electron chi connectivity index (χ3n) is 3.44. The Balaban J connectivity index is 1.74. The number of cyclic esters (lactones) is 1. The molecule has 0 bridgehead atoms. The highest BCUT2D eigenvalue weighted by atomic mass is 16.6. The van der Waals surface area contributed by atoms with Crippen molar-refractivity contribution in [3.05, 3.63) is 77.9 Å². The van der Waals surface area contributed by atoms with Crippen LogP contribution in [0.3, 0.4) is 0 Å². The van der Waals surface area contributed by atoms with E-state index in [1.807, 2.05) is 42.5 Å². The van der Waals surface area contributed by atoms with Crippen LogP contribution in [0.4, 0.5) is 0 Å². The van der Waals surface area contributed by atoms with E-state index in [-0.39, 0.29) is 5.70 Å². The quantitative estimate of drug-likeness (QED) is 0.533. The minimum absolute atomic E-state index is 0.234. The van der Waals surface area contributed by atoms with Gasteiger partial charge in [0.1, 0.15) is 5.76 Å². The molecule has 1 aliphatic heterocycles. The molecular weight excluding hydrogens is 278 g/mol. The van der Waals surface area contributed by atoms with Gasteiger partial charge >= 0.3 is 5.97 Å². The van der Waals surface area contributed by atoms with Crippen LogP contribution in [0.5, 0.6) is 0 Å². The van der Waals surface area contributed by atoms with Crippen LogP contribution in [0.1, 0.15) is 11.3 Å². The molecule has 1 aromatic heterocycles. The van der Waals surface area contributed by atoms with Gasteiger partial charge in [0.25, 0.3) is 0 Å². The van der Waals surface area contributed by atoms with Gasteiger partial charge in [-0.2, -0.15) is 0 Å². The maximum atomic E-state index is 11.9. The Morgan fingerprint density at radius 2 is 1.82 bits per heavy atom. The van der Waals surface area contributed by atoms with E-state index < -0.39 is 5.97 Å². The highest BCUT2D eigenvalue weighted by Gasteiger charge is 2.24. The fraction of sp³-hybridized carbons (Fsp3) is 0. The Hall–Kier alpha value is -3.14. The van der Waals surface area contributed by atoms with Crippen LogP contribution in [0, 0.1) is 0 Å². The summed E-state index contributed by atoms with van der Waals surface area (Å²) in [6.07, 6.45) is 3.11. The summed E-state index contributed by atoms with van der Waals surface area (Å²) in [4.78, 5) is 16.2. The number of rotatable bonds is 2. The van der Waals surface area contributed by atoms with E-state index in [9.17, 15) is 4.79 Å². The first kappa shape index (κ1) is 12.6. The van der Waals surface area contributed by atoms with E-state index >= 15 is 0 Å². The second-order valence-electron chi connectivity index (χ2n) is 4.91. The molecular formula is C18H11NO3. The lowest BCUT2D eigenvalue weighted by atomic mass is 10.1. The van der Waals surface area contributed by atoms with Crippen molar-refractivity contribution in [1.82, 2.24) is 0 Å². The van der Waals surface area contributed by atoms with Crippen molar-refractivity contribution in [3.8, 4) is 0 Å². The van der Waals surface area contributed by atoms with Crippen LogP contribution in [-0.2, 0) is 9.53 Å². The molecule has 2 heterocycles. The molecule has 0 aliphatic carbocycles. The fourth-order valence-corrected chi connectivity index (χ4v) is 2.36. The number of esters is 1. The number of carbonyl (C=O) groups is 1. The molecule has 3 aromatic rings. The number of benzene rings is 2. The van der Waals surface area contributed by atoms with Gasteiger partial charge in [0.2, 0.25) is 5.90 Å². The molecule has 1 aliphatic rings. The molecule has 4 heteroatoms. The molecule has 0 fully saturated rings. The van der Waals surface area contributed by atoms with Crippen LogP contribution in [0.15, 0.2) is 76.0 Å². The number of nitrogens with zero attached hydrogens (tertiary/aromatic N) is 1. The van der Waals surface area contributed by atoms with Crippen molar-refractivity contribution in [1.29, 1.82) is 0 Å². The first-order valence-electron chi connectivity index (χ1n) is 6.85. The second kappa shape index (κ2) is 5.00. The average Bonchev–Trinajstić information content (AvgIpc) is 3.18. The maximum absolute atomic E-state index is 11.9. The number of fused-ring (bicyclic) bond motifs is 1. The molecule has 0 N–H and O–H groups in total. The third-order valence-corrected chi connectivity index (χ3v) is 3.44. The highest BCUT2D eigenvalue weighted by Crippen LogP contribution is 2.22. The lowest BCUT2D eigenvalue weighted by Gasteiger charge is -2.02. The van der Waals surface area contributed by atoms with E-state index in [0.717, 1.165) is 16.3 Å². The molecule has 4 nitrogen and oxygen atoms in total. The smallest absolute Gasteiger partial charge is 0.363 e. The van der Waals surface area contributed by atoms with Crippen molar-refractivity contribution in [2.75, 3.05) is 0 Å². The van der Waals surface area contributed by atoms with Crippen molar-refractivity contribution in [3.63, 3.8) is 0 Å².